The Balaban J connectivity index is 0.000000178. The second-order valence-electron chi connectivity index (χ2n) is 9.42. The van der Waals surface area contributed by atoms with Gasteiger partial charge in [0.1, 0.15) is 11.0 Å². The minimum Gasteiger partial charge on any atom is -0.739 e. The van der Waals surface area contributed by atoms with Gasteiger partial charge in [0.15, 0.2) is 5.52 Å². The van der Waals surface area contributed by atoms with Crippen molar-refractivity contribution in [3.05, 3.63) is 106 Å². The number of non-ortho nitro benzene ring substituents is 3. The third kappa shape index (κ3) is 8.05. The minimum absolute atomic E-state index is 0.0124. The second kappa shape index (κ2) is 14.1. The second-order valence-corrected chi connectivity index (χ2v) is 9.42. The molecule has 0 aliphatic carbocycles. The molecule has 0 radical (unpaired) electrons. The van der Waals surface area contributed by atoms with E-state index in [0.29, 0.717) is 0 Å². The highest BCUT2D eigenvalue weighted by atomic mass is 19.4. The van der Waals surface area contributed by atoms with E-state index < -0.39 is 44.4 Å². The SMILES string of the molecule is Nc1n[n+]([O-])c2cc([N+](=O)[O-])ccc2[n+]1[O-].Nc1nc2ccc([N+](=O)[O-])cc2[n+]([O-])n1.O=C(Nc1nc2ccc([N+](=O)[O-])cc2[n+]([O-])n1)C(F)(F)F. The smallest absolute Gasteiger partial charge is 0.471 e. The number of carbonyl (C=O) groups excluding carboxylic acids is 1. The number of nitrogens with two attached hydrogens (primary N) is 2. The predicted molar refractivity (Wildman–Crippen MR) is 160 cm³/mol. The molecular weight excluding hydrogens is 719 g/mol. The van der Waals surface area contributed by atoms with E-state index in [2.05, 4.69) is 25.3 Å². The number of anilines is 3. The Labute approximate surface area is 280 Å². The summed E-state index contributed by atoms with van der Waals surface area (Å²) in [6.07, 6.45) is -5.17. The first kappa shape index (κ1) is 36.6. The summed E-state index contributed by atoms with van der Waals surface area (Å²) in [4.78, 5) is 47.5. The molecule has 29 heteroatoms. The van der Waals surface area contributed by atoms with Gasteiger partial charge < -0.3 is 26.6 Å². The fourth-order valence-corrected chi connectivity index (χ4v) is 3.80. The van der Waals surface area contributed by atoms with Crippen molar-refractivity contribution in [3.8, 4) is 0 Å². The highest BCUT2D eigenvalue weighted by molar-refractivity contribution is 5.93. The van der Waals surface area contributed by atoms with Crippen LogP contribution in [0.15, 0.2) is 54.6 Å². The topological polar surface area (TPSA) is 383 Å². The zero-order valence-corrected chi connectivity index (χ0v) is 24.8. The summed E-state index contributed by atoms with van der Waals surface area (Å²) < 4.78 is 36.4. The number of alkyl halides is 3. The highest BCUT2D eigenvalue weighted by Crippen LogP contribution is 2.20. The number of nitrogen functional groups attached to an aromatic ring is 2. The predicted octanol–water partition coefficient (Wildman–Crippen LogP) is -0.582. The number of carbonyl (C=O) groups is 1. The molecule has 26 nitrogen and oxygen atoms in total. The number of amides is 1. The van der Waals surface area contributed by atoms with E-state index in [4.69, 9.17) is 11.5 Å². The first-order valence-corrected chi connectivity index (χ1v) is 13.1. The van der Waals surface area contributed by atoms with E-state index in [1.54, 1.807) is 0 Å². The van der Waals surface area contributed by atoms with Gasteiger partial charge in [-0.25, -0.2) is 14.7 Å². The number of nitro groups is 3. The van der Waals surface area contributed by atoms with Crippen molar-refractivity contribution in [1.29, 1.82) is 0 Å². The molecule has 3 aromatic carbocycles. The van der Waals surface area contributed by atoms with E-state index in [0.717, 1.165) is 42.5 Å². The average molecular weight is 733 g/mol. The molecule has 0 atom stereocenters. The van der Waals surface area contributed by atoms with Crippen LogP contribution in [0.4, 0.5) is 48.1 Å². The first-order valence-electron chi connectivity index (χ1n) is 13.1. The summed E-state index contributed by atoms with van der Waals surface area (Å²) in [5, 5.41) is 87.7. The van der Waals surface area contributed by atoms with Crippen molar-refractivity contribution in [2.24, 2.45) is 0 Å². The molecule has 0 aliphatic heterocycles. The molecule has 3 heterocycles. The zero-order chi connectivity index (χ0) is 38.7. The van der Waals surface area contributed by atoms with E-state index in [9.17, 15) is 69.1 Å². The average Bonchev–Trinajstić information content (AvgIpc) is 3.06. The molecule has 0 fully saturated rings. The van der Waals surface area contributed by atoms with Crippen LogP contribution in [0.1, 0.15) is 0 Å². The van der Waals surface area contributed by atoms with E-state index >= 15 is 0 Å². The van der Waals surface area contributed by atoms with Crippen molar-refractivity contribution >= 4 is 73.9 Å². The van der Waals surface area contributed by atoms with Gasteiger partial charge in [0.25, 0.3) is 40.0 Å². The first-order chi connectivity index (χ1) is 24.3. The largest absolute Gasteiger partial charge is 0.739 e. The molecule has 0 unspecified atom stereocenters. The van der Waals surface area contributed by atoms with Gasteiger partial charge in [-0.3, -0.25) is 46.2 Å². The lowest BCUT2D eigenvalue weighted by atomic mass is 10.3. The molecule has 0 saturated carbocycles. The Kier molecular flexibility index (Phi) is 9.89. The van der Waals surface area contributed by atoms with Crippen molar-refractivity contribution in [2.45, 2.75) is 6.18 Å². The van der Waals surface area contributed by atoms with Crippen LogP contribution in [0.5, 0.6) is 0 Å². The van der Waals surface area contributed by atoms with Crippen molar-refractivity contribution in [2.75, 3.05) is 16.8 Å². The number of halogens is 3. The molecule has 0 saturated heterocycles. The third-order valence-corrected chi connectivity index (χ3v) is 6.07. The molecule has 3 aromatic heterocycles. The van der Waals surface area contributed by atoms with E-state index in [-0.39, 0.29) is 69.7 Å². The summed E-state index contributed by atoms with van der Waals surface area (Å²) >= 11 is 0. The molecule has 0 bridgehead atoms. The lowest BCUT2D eigenvalue weighted by Gasteiger charge is -2.06. The lowest BCUT2D eigenvalue weighted by Crippen LogP contribution is -2.44. The molecule has 52 heavy (non-hydrogen) atoms. The Hall–Kier alpha value is -8.27. The molecular formula is C23H14F3N15O11. The molecule has 6 rings (SSSR count). The molecule has 0 spiro atoms. The van der Waals surface area contributed by atoms with Crippen LogP contribution in [-0.2, 0) is 4.79 Å². The van der Waals surface area contributed by atoms with Gasteiger partial charge in [-0.15, -0.1) is 0 Å². The highest BCUT2D eigenvalue weighted by Gasteiger charge is 2.39. The number of hydrogen-bond donors (Lipinski definition) is 3. The van der Waals surface area contributed by atoms with Crippen molar-refractivity contribution < 1.29 is 52.0 Å². The van der Waals surface area contributed by atoms with Crippen LogP contribution >= 0.6 is 0 Å². The molecule has 268 valence electrons. The van der Waals surface area contributed by atoms with Gasteiger partial charge in [0.2, 0.25) is 5.10 Å². The van der Waals surface area contributed by atoms with Crippen LogP contribution < -0.4 is 36.0 Å². The number of rotatable bonds is 4. The summed E-state index contributed by atoms with van der Waals surface area (Å²) in [7, 11) is 0. The molecule has 6 aromatic rings. The number of nitro benzene ring substituents is 3. The van der Waals surface area contributed by atoms with Gasteiger partial charge in [-0.1, -0.05) is 0 Å². The number of hydrogen-bond acceptors (Lipinski definition) is 18. The summed E-state index contributed by atoms with van der Waals surface area (Å²) in [6, 6.07) is 9.82. The van der Waals surface area contributed by atoms with Crippen LogP contribution in [0, 0.1) is 51.2 Å². The number of fused-ring (bicyclic) bond motifs is 3. The van der Waals surface area contributed by atoms with E-state index in [1.165, 1.54) is 17.4 Å². The number of benzene rings is 3. The van der Waals surface area contributed by atoms with Crippen LogP contribution in [0.3, 0.4) is 0 Å². The number of aromatic nitrogens is 9. The Bertz CT molecular complexity index is 2440. The molecule has 0 aliphatic rings. The maximum Gasteiger partial charge on any atom is 0.471 e. The van der Waals surface area contributed by atoms with Crippen LogP contribution in [0.2, 0.25) is 0 Å². The fraction of sp³-hybridized carbons (Fsp3) is 0.0435. The monoisotopic (exact) mass is 733 g/mol. The summed E-state index contributed by atoms with van der Waals surface area (Å²) in [5.41, 5.74) is 9.01. The standard InChI is InChI=1S/C9H4F3N5O4.C7H5N5O4.C7H5N5O3/c10-9(11,12)7(18)14-8-13-5-2-1-4(17(20)21)3-6(5)16(19)15-8;8-7-9-11(14)6-3-4(12(15)16)1-2-5(6)10(7)13;8-7-9-5-2-1-4(12(14)15)3-6(5)11(13)10-7/h1-3H,(H,13,14,15,18);1-3H,(H2,8,9);1-3H,(H2,8,9,10). The Morgan fingerprint density at radius 1 is 0.654 bits per heavy atom. The number of nitrogens with zero attached hydrogens (tertiary/aromatic N) is 12. The maximum absolute atomic E-state index is 12.1. The Morgan fingerprint density at radius 3 is 1.60 bits per heavy atom. The third-order valence-electron chi connectivity index (χ3n) is 6.07. The molecule has 1 amide bonds. The van der Waals surface area contributed by atoms with Crippen molar-refractivity contribution in [3.63, 3.8) is 0 Å². The Morgan fingerprint density at radius 2 is 1.10 bits per heavy atom. The van der Waals surface area contributed by atoms with Crippen LogP contribution in [0.25, 0.3) is 33.1 Å². The van der Waals surface area contributed by atoms with Gasteiger partial charge in [-0.2, -0.15) is 13.2 Å². The summed E-state index contributed by atoms with van der Waals surface area (Å²) in [6.45, 7) is 0. The fourth-order valence-electron chi connectivity index (χ4n) is 3.80. The van der Waals surface area contributed by atoms with Gasteiger partial charge in [0, 0.05) is 23.0 Å². The lowest BCUT2D eigenvalue weighted by molar-refractivity contribution is -0.672. The van der Waals surface area contributed by atoms with Crippen molar-refractivity contribution in [1.82, 2.24) is 25.3 Å². The number of nitrogens with one attached hydrogen (secondary N) is 1. The van der Waals surface area contributed by atoms with E-state index in [1.807, 2.05) is 0 Å². The minimum atomic E-state index is -5.17. The van der Waals surface area contributed by atoms with Crippen LogP contribution in [-0.4, -0.2) is 52.1 Å². The maximum atomic E-state index is 12.1. The van der Waals surface area contributed by atoms with Gasteiger partial charge in [-0.05, 0) is 27.9 Å². The zero-order valence-electron chi connectivity index (χ0n) is 24.8. The molecule has 5 N–H and O–H groups in total. The quantitative estimate of drug-likeness (QED) is 0.0882. The van der Waals surface area contributed by atoms with Gasteiger partial charge in [0.05, 0.1) is 43.2 Å². The summed E-state index contributed by atoms with van der Waals surface area (Å²) in [5.74, 6) is -3.90. The van der Waals surface area contributed by atoms with Gasteiger partial charge >= 0.3 is 23.5 Å². The normalized spacial score (nSPS) is 10.8.